The lowest BCUT2D eigenvalue weighted by Gasteiger charge is -2.41. The van der Waals surface area contributed by atoms with Gasteiger partial charge in [-0.2, -0.15) is 0 Å². The Kier molecular flexibility index (Phi) is 4.71. The van der Waals surface area contributed by atoms with Crippen LogP contribution in [0.4, 0.5) is 0 Å². The van der Waals surface area contributed by atoms with Crippen LogP contribution in [0.1, 0.15) is 38.5 Å². The Morgan fingerprint density at radius 1 is 0.789 bits per heavy atom. The van der Waals surface area contributed by atoms with Crippen LogP contribution in [-0.4, -0.2) is 51.2 Å². The van der Waals surface area contributed by atoms with Gasteiger partial charge in [0.15, 0.2) is 0 Å². The van der Waals surface area contributed by atoms with E-state index in [0.717, 1.165) is 51.7 Å². The van der Waals surface area contributed by atoms with Crippen molar-refractivity contribution in [2.45, 2.75) is 56.7 Å². The average molecular weight is 272 g/mol. The van der Waals surface area contributed by atoms with E-state index in [0.29, 0.717) is 19.8 Å². The Labute approximate surface area is 114 Å². The van der Waals surface area contributed by atoms with Crippen molar-refractivity contribution < 1.29 is 23.7 Å². The second-order valence-electron chi connectivity index (χ2n) is 5.55. The fourth-order valence-electron chi connectivity index (χ4n) is 2.87. The minimum atomic E-state index is -0.859. The highest BCUT2D eigenvalue weighted by molar-refractivity contribution is 4.74. The average Bonchev–Trinajstić information content (AvgIpc) is 2.93. The molecule has 0 saturated carbocycles. The van der Waals surface area contributed by atoms with E-state index in [4.69, 9.17) is 23.7 Å². The molecule has 0 spiro atoms. The van der Waals surface area contributed by atoms with Crippen LogP contribution in [0.2, 0.25) is 0 Å². The van der Waals surface area contributed by atoms with Crippen LogP contribution in [0.15, 0.2) is 0 Å². The van der Waals surface area contributed by atoms with Gasteiger partial charge < -0.3 is 23.7 Å². The van der Waals surface area contributed by atoms with E-state index in [2.05, 4.69) is 0 Å². The SMILES string of the molecule is C1CCC(OC2CCCOC2)(OC2CCOC2)OC1. The first-order valence-electron chi connectivity index (χ1n) is 7.51. The van der Waals surface area contributed by atoms with Crippen LogP contribution in [0, 0.1) is 0 Å². The quantitative estimate of drug-likeness (QED) is 0.731. The molecule has 0 radical (unpaired) electrons. The standard InChI is InChI=1S/C14H24O5/c1-2-8-17-14(6-1,19-13-5-9-16-11-13)18-12-4-3-7-15-10-12/h12-13H,1-11H2. The third-order valence-electron chi connectivity index (χ3n) is 3.90. The molecular formula is C14H24O5. The molecule has 3 rings (SSSR count). The molecule has 5 nitrogen and oxygen atoms in total. The van der Waals surface area contributed by atoms with Gasteiger partial charge >= 0.3 is 0 Å². The zero-order chi connectivity index (χ0) is 13.0. The monoisotopic (exact) mass is 272 g/mol. The molecule has 3 aliphatic heterocycles. The molecule has 5 heteroatoms. The minimum absolute atomic E-state index is 0.0918. The summed E-state index contributed by atoms with van der Waals surface area (Å²) in [6.45, 7) is 3.62. The molecule has 3 heterocycles. The van der Waals surface area contributed by atoms with Crippen LogP contribution >= 0.6 is 0 Å². The predicted molar refractivity (Wildman–Crippen MR) is 67.8 cm³/mol. The molecule has 0 aromatic carbocycles. The van der Waals surface area contributed by atoms with Gasteiger partial charge in [0.2, 0.25) is 0 Å². The summed E-state index contributed by atoms with van der Waals surface area (Å²) < 4.78 is 29.0. The maximum Gasteiger partial charge on any atom is 0.283 e. The van der Waals surface area contributed by atoms with Crippen molar-refractivity contribution in [3.05, 3.63) is 0 Å². The largest absolute Gasteiger partial charge is 0.379 e. The van der Waals surface area contributed by atoms with Crippen molar-refractivity contribution in [2.75, 3.05) is 33.0 Å². The maximum absolute atomic E-state index is 6.16. The Morgan fingerprint density at radius 3 is 2.16 bits per heavy atom. The van der Waals surface area contributed by atoms with Crippen LogP contribution < -0.4 is 0 Å². The second-order valence-corrected chi connectivity index (χ2v) is 5.55. The summed E-state index contributed by atoms with van der Waals surface area (Å²) in [5, 5.41) is 0. The van der Waals surface area contributed by atoms with Crippen molar-refractivity contribution >= 4 is 0 Å². The van der Waals surface area contributed by atoms with Crippen LogP contribution in [0.3, 0.4) is 0 Å². The topological polar surface area (TPSA) is 46.2 Å². The molecule has 0 aliphatic carbocycles. The van der Waals surface area contributed by atoms with Crippen molar-refractivity contribution in [1.29, 1.82) is 0 Å². The van der Waals surface area contributed by atoms with Crippen LogP contribution in [-0.2, 0) is 23.7 Å². The Morgan fingerprint density at radius 2 is 1.58 bits per heavy atom. The van der Waals surface area contributed by atoms with E-state index >= 15 is 0 Å². The van der Waals surface area contributed by atoms with Crippen molar-refractivity contribution in [1.82, 2.24) is 0 Å². The summed E-state index contributed by atoms with van der Waals surface area (Å²) >= 11 is 0. The molecule has 3 fully saturated rings. The highest BCUT2D eigenvalue weighted by Gasteiger charge is 2.41. The van der Waals surface area contributed by atoms with E-state index < -0.39 is 5.97 Å². The van der Waals surface area contributed by atoms with Crippen molar-refractivity contribution in [3.8, 4) is 0 Å². The molecular weight excluding hydrogens is 248 g/mol. The molecule has 110 valence electrons. The van der Waals surface area contributed by atoms with E-state index in [1.165, 1.54) is 0 Å². The molecule has 0 bridgehead atoms. The molecule has 3 unspecified atom stereocenters. The summed E-state index contributed by atoms with van der Waals surface area (Å²) in [6, 6.07) is 0. The van der Waals surface area contributed by atoms with E-state index in [1.807, 2.05) is 0 Å². The Bertz CT molecular complexity index is 265. The first-order chi connectivity index (χ1) is 9.36. The molecule has 0 aromatic rings. The number of rotatable bonds is 4. The van der Waals surface area contributed by atoms with Gasteiger partial charge in [0.25, 0.3) is 5.97 Å². The first-order valence-corrected chi connectivity index (χ1v) is 7.51. The molecule has 3 atom stereocenters. The van der Waals surface area contributed by atoms with Gasteiger partial charge in [-0.3, -0.25) is 0 Å². The van der Waals surface area contributed by atoms with Gasteiger partial charge in [-0.1, -0.05) is 0 Å². The summed E-state index contributed by atoms with van der Waals surface area (Å²) in [6.07, 6.45) is 6.16. The third kappa shape index (κ3) is 3.67. The van der Waals surface area contributed by atoms with Gasteiger partial charge in [0.1, 0.15) is 0 Å². The summed E-state index contributed by atoms with van der Waals surface area (Å²) in [5.74, 6) is -0.859. The number of hydrogen-bond acceptors (Lipinski definition) is 5. The fourth-order valence-corrected chi connectivity index (χ4v) is 2.87. The van der Waals surface area contributed by atoms with Gasteiger partial charge in [-0.15, -0.1) is 0 Å². The molecule has 3 saturated heterocycles. The van der Waals surface area contributed by atoms with Gasteiger partial charge in [0.05, 0.1) is 32.0 Å². The molecule has 0 amide bonds. The summed E-state index contributed by atoms with van der Waals surface area (Å²) in [7, 11) is 0. The number of ether oxygens (including phenoxy) is 5. The third-order valence-corrected chi connectivity index (χ3v) is 3.90. The van der Waals surface area contributed by atoms with E-state index in [1.54, 1.807) is 0 Å². The van der Waals surface area contributed by atoms with Gasteiger partial charge in [0, 0.05) is 19.6 Å². The van der Waals surface area contributed by atoms with E-state index in [9.17, 15) is 0 Å². The minimum Gasteiger partial charge on any atom is -0.379 e. The van der Waals surface area contributed by atoms with Gasteiger partial charge in [-0.05, 0) is 32.1 Å². The molecule has 0 N–H and O–H groups in total. The second kappa shape index (κ2) is 6.50. The van der Waals surface area contributed by atoms with Crippen molar-refractivity contribution in [2.24, 2.45) is 0 Å². The fraction of sp³-hybridized carbons (Fsp3) is 1.00. The van der Waals surface area contributed by atoms with E-state index in [-0.39, 0.29) is 12.2 Å². The lowest BCUT2D eigenvalue weighted by Crippen LogP contribution is -2.48. The summed E-state index contributed by atoms with van der Waals surface area (Å²) in [5.41, 5.74) is 0. The highest BCUT2D eigenvalue weighted by atomic mass is 16.9. The smallest absolute Gasteiger partial charge is 0.283 e. The molecule has 3 aliphatic rings. The lowest BCUT2D eigenvalue weighted by molar-refractivity contribution is -0.420. The van der Waals surface area contributed by atoms with Gasteiger partial charge in [-0.25, -0.2) is 0 Å². The zero-order valence-corrected chi connectivity index (χ0v) is 11.5. The number of hydrogen-bond donors (Lipinski definition) is 0. The highest BCUT2D eigenvalue weighted by Crippen LogP contribution is 2.33. The van der Waals surface area contributed by atoms with Crippen LogP contribution in [0.25, 0.3) is 0 Å². The molecule has 19 heavy (non-hydrogen) atoms. The predicted octanol–water partition coefficient (Wildman–Crippen LogP) is 1.84. The van der Waals surface area contributed by atoms with Crippen LogP contribution in [0.5, 0.6) is 0 Å². The lowest BCUT2D eigenvalue weighted by atomic mass is 10.1. The summed E-state index contributed by atoms with van der Waals surface area (Å²) in [4.78, 5) is 0. The maximum atomic E-state index is 6.16. The Balaban J connectivity index is 1.60. The normalized spacial score (nSPS) is 40.4. The first kappa shape index (κ1) is 13.8. The zero-order valence-electron chi connectivity index (χ0n) is 11.5. The Hall–Kier alpha value is -0.200. The van der Waals surface area contributed by atoms with Crippen molar-refractivity contribution in [3.63, 3.8) is 0 Å². The molecule has 0 aromatic heterocycles.